The van der Waals surface area contributed by atoms with Crippen LogP contribution in [0.25, 0.3) is 6.08 Å². The van der Waals surface area contributed by atoms with Gasteiger partial charge in [0.15, 0.2) is 11.4 Å². The highest BCUT2D eigenvalue weighted by Crippen LogP contribution is 2.38. The third-order valence-corrected chi connectivity index (χ3v) is 3.91. The van der Waals surface area contributed by atoms with E-state index in [4.69, 9.17) is 0 Å². The van der Waals surface area contributed by atoms with E-state index in [0.29, 0.717) is 11.3 Å². The molecule has 4 nitrogen and oxygen atoms in total. The van der Waals surface area contributed by atoms with Gasteiger partial charge in [0.25, 0.3) is 5.91 Å². The fraction of sp³-hybridized carbons (Fsp3) is 0.100. The number of allylic oxidation sites excluding steroid dienone is 3. The highest BCUT2D eigenvalue weighted by molar-refractivity contribution is 6.08. The Labute approximate surface area is 140 Å². The molecule has 2 aromatic rings. The van der Waals surface area contributed by atoms with Crippen LogP contribution in [0.15, 0.2) is 72.8 Å². The van der Waals surface area contributed by atoms with Crippen molar-refractivity contribution in [2.75, 3.05) is 5.32 Å². The summed E-state index contributed by atoms with van der Waals surface area (Å²) in [6, 6.07) is 16.5. The molecule has 1 atom stereocenters. The van der Waals surface area contributed by atoms with E-state index >= 15 is 0 Å². The molecule has 2 N–H and O–H groups in total. The van der Waals surface area contributed by atoms with Gasteiger partial charge in [-0.05, 0) is 17.7 Å². The zero-order valence-corrected chi connectivity index (χ0v) is 13.0. The minimum atomic E-state index is -1.80. The lowest BCUT2D eigenvalue weighted by Crippen LogP contribution is -2.36. The van der Waals surface area contributed by atoms with E-state index in [9.17, 15) is 14.7 Å². The van der Waals surface area contributed by atoms with Crippen LogP contribution in [0.3, 0.4) is 0 Å². The van der Waals surface area contributed by atoms with Crippen LogP contribution in [0.5, 0.6) is 0 Å². The predicted octanol–water partition coefficient (Wildman–Crippen LogP) is 3.06. The molecule has 0 radical (unpaired) electrons. The van der Waals surface area contributed by atoms with Gasteiger partial charge in [0.05, 0.1) is 6.42 Å². The minimum Gasteiger partial charge on any atom is -0.375 e. The fourth-order valence-electron chi connectivity index (χ4n) is 2.68. The number of benzene rings is 2. The molecule has 0 unspecified atom stereocenters. The summed E-state index contributed by atoms with van der Waals surface area (Å²) in [5.41, 5.74) is 0.209. The first-order valence-corrected chi connectivity index (χ1v) is 7.65. The van der Waals surface area contributed by atoms with E-state index in [1.54, 1.807) is 36.4 Å². The number of amides is 1. The third kappa shape index (κ3) is 3.19. The van der Waals surface area contributed by atoms with Gasteiger partial charge in [0.2, 0.25) is 0 Å². The zero-order valence-electron chi connectivity index (χ0n) is 13.0. The highest BCUT2D eigenvalue weighted by atomic mass is 16.3. The number of hydrogen-bond acceptors (Lipinski definition) is 3. The van der Waals surface area contributed by atoms with Gasteiger partial charge in [-0.1, -0.05) is 66.8 Å². The van der Waals surface area contributed by atoms with Crippen LogP contribution in [0.4, 0.5) is 5.69 Å². The Balaban J connectivity index is 1.68. The molecule has 120 valence electrons. The number of ketones is 1. The Hall–Kier alpha value is -2.98. The molecule has 2 aromatic carbocycles. The number of para-hydroxylation sites is 1. The predicted molar refractivity (Wildman–Crippen MR) is 93.2 cm³/mol. The van der Waals surface area contributed by atoms with Crippen LogP contribution >= 0.6 is 0 Å². The highest BCUT2D eigenvalue weighted by Gasteiger charge is 2.46. The Morgan fingerprint density at radius 2 is 1.75 bits per heavy atom. The van der Waals surface area contributed by atoms with Gasteiger partial charge in [-0.2, -0.15) is 0 Å². The first-order valence-electron chi connectivity index (χ1n) is 7.65. The van der Waals surface area contributed by atoms with E-state index in [1.165, 1.54) is 6.08 Å². The average molecular weight is 319 g/mol. The zero-order chi connectivity index (χ0) is 17.0. The first kappa shape index (κ1) is 15.9. The summed E-state index contributed by atoms with van der Waals surface area (Å²) >= 11 is 0. The lowest BCUT2D eigenvalue weighted by molar-refractivity contribution is -0.138. The SMILES string of the molecule is O=C(/C=C/C=C/c1ccccc1)C[C@@]1(O)C(=O)Nc2ccccc21. The second-order valence-electron chi connectivity index (χ2n) is 5.63. The van der Waals surface area contributed by atoms with E-state index in [2.05, 4.69) is 5.32 Å². The van der Waals surface area contributed by atoms with Crippen LogP contribution in [0, 0.1) is 0 Å². The standard InChI is InChI=1S/C20H17NO3/c22-16(11-5-4-10-15-8-2-1-3-9-15)14-20(24)17-12-6-7-13-18(17)21-19(20)23/h1-13,24H,14H2,(H,21,23)/b10-4+,11-5+/t20-/m0/s1. The van der Waals surface area contributed by atoms with Crippen LogP contribution in [-0.4, -0.2) is 16.8 Å². The molecule has 0 saturated heterocycles. The van der Waals surface area contributed by atoms with Gasteiger partial charge < -0.3 is 10.4 Å². The number of carbonyl (C=O) groups excluding carboxylic acids is 2. The lowest BCUT2D eigenvalue weighted by Gasteiger charge is -2.18. The second-order valence-corrected chi connectivity index (χ2v) is 5.63. The Bertz CT molecular complexity index is 824. The molecule has 0 fully saturated rings. The molecule has 0 aromatic heterocycles. The number of nitrogens with one attached hydrogen (secondary N) is 1. The molecular weight excluding hydrogens is 302 g/mol. The molecule has 1 aliphatic rings. The molecule has 0 spiro atoms. The normalized spacial score (nSPS) is 19.6. The molecule has 1 amide bonds. The van der Waals surface area contributed by atoms with Crippen molar-refractivity contribution in [3.63, 3.8) is 0 Å². The van der Waals surface area contributed by atoms with E-state index < -0.39 is 11.5 Å². The van der Waals surface area contributed by atoms with E-state index in [0.717, 1.165) is 5.56 Å². The topological polar surface area (TPSA) is 66.4 Å². The second kappa shape index (κ2) is 6.64. The van der Waals surface area contributed by atoms with Crippen LogP contribution in [0.2, 0.25) is 0 Å². The summed E-state index contributed by atoms with van der Waals surface area (Å²) in [4.78, 5) is 24.2. The van der Waals surface area contributed by atoms with Crippen LogP contribution < -0.4 is 5.32 Å². The fourth-order valence-corrected chi connectivity index (χ4v) is 2.68. The maximum atomic E-state index is 12.1. The van der Waals surface area contributed by atoms with Crippen LogP contribution in [-0.2, 0) is 15.2 Å². The molecule has 24 heavy (non-hydrogen) atoms. The van der Waals surface area contributed by atoms with Gasteiger partial charge in [0.1, 0.15) is 0 Å². The van der Waals surface area contributed by atoms with Crippen molar-refractivity contribution in [2.45, 2.75) is 12.0 Å². The number of hydrogen-bond donors (Lipinski definition) is 2. The largest absolute Gasteiger partial charge is 0.375 e. The summed E-state index contributed by atoms with van der Waals surface area (Å²) < 4.78 is 0. The number of rotatable bonds is 5. The maximum absolute atomic E-state index is 12.1. The molecule has 0 bridgehead atoms. The van der Waals surface area contributed by atoms with Crippen molar-refractivity contribution in [2.24, 2.45) is 0 Å². The van der Waals surface area contributed by atoms with Crippen molar-refractivity contribution < 1.29 is 14.7 Å². The van der Waals surface area contributed by atoms with E-state index in [-0.39, 0.29) is 12.2 Å². The number of anilines is 1. The smallest absolute Gasteiger partial charge is 0.261 e. The van der Waals surface area contributed by atoms with Gasteiger partial charge >= 0.3 is 0 Å². The Kier molecular flexibility index (Phi) is 4.40. The number of carbonyl (C=O) groups is 2. The van der Waals surface area contributed by atoms with Gasteiger partial charge in [-0.3, -0.25) is 9.59 Å². The van der Waals surface area contributed by atoms with Gasteiger partial charge in [-0.25, -0.2) is 0 Å². The third-order valence-electron chi connectivity index (χ3n) is 3.91. The van der Waals surface area contributed by atoms with Gasteiger partial charge in [0, 0.05) is 11.3 Å². The minimum absolute atomic E-state index is 0.286. The Morgan fingerprint density at radius 3 is 2.54 bits per heavy atom. The number of aliphatic hydroxyl groups is 1. The molecule has 1 heterocycles. The molecule has 0 saturated carbocycles. The van der Waals surface area contributed by atoms with Crippen molar-refractivity contribution in [1.82, 2.24) is 0 Å². The van der Waals surface area contributed by atoms with Crippen molar-refractivity contribution in [3.05, 3.63) is 84.0 Å². The summed E-state index contributed by atoms with van der Waals surface area (Å²) in [6.45, 7) is 0. The lowest BCUT2D eigenvalue weighted by atomic mass is 9.90. The summed E-state index contributed by atoms with van der Waals surface area (Å²) in [5.74, 6) is -0.882. The van der Waals surface area contributed by atoms with E-state index in [1.807, 2.05) is 36.4 Å². The molecule has 3 rings (SSSR count). The Morgan fingerprint density at radius 1 is 1.04 bits per heavy atom. The summed E-state index contributed by atoms with van der Waals surface area (Å²) in [6.07, 6.45) is 6.31. The monoisotopic (exact) mass is 319 g/mol. The summed E-state index contributed by atoms with van der Waals surface area (Å²) in [7, 11) is 0. The molecule has 1 aliphatic heterocycles. The average Bonchev–Trinajstić information content (AvgIpc) is 2.84. The summed E-state index contributed by atoms with van der Waals surface area (Å²) in [5, 5.41) is 13.2. The quantitative estimate of drug-likeness (QED) is 0.657. The van der Waals surface area contributed by atoms with Crippen molar-refractivity contribution in [3.8, 4) is 0 Å². The van der Waals surface area contributed by atoms with Crippen molar-refractivity contribution >= 4 is 23.5 Å². The molecule has 0 aliphatic carbocycles. The molecule has 4 heteroatoms. The maximum Gasteiger partial charge on any atom is 0.261 e. The van der Waals surface area contributed by atoms with Crippen LogP contribution in [0.1, 0.15) is 17.5 Å². The molecular formula is C20H17NO3. The van der Waals surface area contributed by atoms with Crippen molar-refractivity contribution in [1.29, 1.82) is 0 Å². The number of fused-ring (bicyclic) bond motifs is 1. The first-order chi connectivity index (χ1) is 11.6. The van der Waals surface area contributed by atoms with Gasteiger partial charge in [-0.15, -0.1) is 0 Å².